The maximum atomic E-state index is 13.9. The first kappa shape index (κ1) is 26.1. The second-order valence-corrected chi connectivity index (χ2v) is 8.35. The van der Waals surface area contributed by atoms with Crippen molar-refractivity contribution in [1.82, 2.24) is 14.6 Å². The molecular weight excluding hydrogens is 455 g/mol. The summed E-state index contributed by atoms with van der Waals surface area (Å²) in [5, 5.41) is 3.61. The van der Waals surface area contributed by atoms with Crippen molar-refractivity contribution in [3.05, 3.63) is 77.9 Å². The summed E-state index contributed by atoms with van der Waals surface area (Å²) in [6, 6.07) is 2.03. The topological polar surface area (TPSA) is 45.9 Å². The predicted octanol–water partition coefficient (Wildman–Crippen LogP) is 5.74. The zero-order valence-corrected chi connectivity index (χ0v) is 20.8. The summed E-state index contributed by atoms with van der Waals surface area (Å²) >= 11 is 0. The highest BCUT2D eigenvalue weighted by atomic mass is 19.2. The second kappa shape index (κ2) is 11.8. The number of aryl methyl sites for hydroxylation is 1. The van der Waals surface area contributed by atoms with Gasteiger partial charge in [-0.05, 0) is 38.3 Å². The van der Waals surface area contributed by atoms with Crippen LogP contribution in [-0.4, -0.2) is 47.1 Å². The predicted molar refractivity (Wildman–Crippen MR) is 133 cm³/mol. The van der Waals surface area contributed by atoms with Gasteiger partial charge in [0.15, 0.2) is 17.5 Å². The van der Waals surface area contributed by atoms with Gasteiger partial charge in [-0.2, -0.15) is 0 Å². The van der Waals surface area contributed by atoms with Gasteiger partial charge in [0.2, 0.25) is 0 Å². The average Bonchev–Trinajstić information content (AvgIpc) is 3.27. The molecule has 1 aliphatic heterocycles. The molecule has 0 amide bonds. The maximum absolute atomic E-state index is 13.9. The Morgan fingerprint density at radius 2 is 1.91 bits per heavy atom. The minimum atomic E-state index is -1.47. The number of aromatic nitrogens is 2. The molecule has 1 atom stereocenters. The van der Waals surface area contributed by atoms with Crippen LogP contribution in [0.2, 0.25) is 0 Å². The van der Waals surface area contributed by atoms with Crippen LogP contribution < -0.4 is 5.01 Å². The van der Waals surface area contributed by atoms with Crippen LogP contribution in [0.25, 0.3) is 5.70 Å². The highest BCUT2D eigenvalue weighted by Gasteiger charge is 2.24. The number of amidine groups is 1. The molecule has 1 unspecified atom stereocenters. The zero-order valence-electron chi connectivity index (χ0n) is 20.8. The fraction of sp³-hybridized carbons (Fsp3) is 0.385. The van der Waals surface area contributed by atoms with Gasteiger partial charge in [-0.1, -0.05) is 26.0 Å². The van der Waals surface area contributed by atoms with E-state index < -0.39 is 17.5 Å². The van der Waals surface area contributed by atoms with Gasteiger partial charge in [0, 0.05) is 24.9 Å². The van der Waals surface area contributed by atoms with Gasteiger partial charge in [0.05, 0.1) is 43.6 Å². The standard InChI is InChI=1S/C26H32F3N5O/c1-6-12-34-25(30-11-13-33(34)21-14-22(27)26(29)23(28)15-21)10-8-18(2)7-9-24(20(4)35-5)32-16-19(3)31-17-32/h7-10,14-18H,6,11-13H2,1-5H3/b9-7-,10-8+,24-20-. The van der Waals surface area contributed by atoms with E-state index in [0.717, 1.165) is 35.7 Å². The summed E-state index contributed by atoms with van der Waals surface area (Å²) in [5.41, 5.74) is 2.04. The molecule has 2 heterocycles. The van der Waals surface area contributed by atoms with Crippen molar-refractivity contribution in [2.24, 2.45) is 10.9 Å². The van der Waals surface area contributed by atoms with Crippen LogP contribution in [0.1, 0.15) is 32.9 Å². The normalized spacial score (nSPS) is 16.2. The van der Waals surface area contributed by atoms with Crippen molar-refractivity contribution in [1.29, 1.82) is 0 Å². The van der Waals surface area contributed by atoms with Crippen molar-refractivity contribution >= 4 is 17.2 Å². The van der Waals surface area contributed by atoms with Crippen molar-refractivity contribution < 1.29 is 17.9 Å². The van der Waals surface area contributed by atoms with Gasteiger partial charge in [0.1, 0.15) is 11.6 Å². The van der Waals surface area contributed by atoms with Crippen LogP contribution in [0.3, 0.4) is 0 Å². The number of imidazole rings is 1. The lowest BCUT2D eigenvalue weighted by atomic mass is 10.1. The smallest absolute Gasteiger partial charge is 0.194 e. The number of methoxy groups -OCH3 is 1. The van der Waals surface area contributed by atoms with E-state index in [2.05, 4.69) is 9.98 Å². The first-order chi connectivity index (χ1) is 16.7. The van der Waals surface area contributed by atoms with Crippen LogP contribution in [-0.2, 0) is 4.74 Å². The van der Waals surface area contributed by atoms with Gasteiger partial charge < -0.3 is 9.30 Å². The van der Waals surface area contributed by atoms with Crippen LogP contribution in [0.4, 0.5) is 18.9 Å². The van der Waals surface area contributed by atoms with Gasteiger partial charge in [0.25, 0.3) is 0 Å². The second-order valence-electron chi connectivity index (χ2n) is 8.35. The number of hydrogen-bond donors (Lipinski definition) is 0. The lowest BCUT2D eigenvalue weighted by Gasteiger charge is -2.40. The Hall–Kier alpha value is -3.49. The number of hydrazine groups is 1. The number of rotatable bonds is 9. The Balaban J connectivity index is 1.80. The van der Waals surface area contributed by atoms with Crippen LogP contribution >= 0.6 is 0 Å². The number of anilines is 1. The molecule has 35 heavy (non-hydrogen) atoms. The lowest BCUT2D eigenvalue weighted by Crippen LogP contribution is -2.51. The van der Waals surface area contributed by atoms with E-state index in [1.807, 2.05) is 67.8 Å². The SMILES string of the molecule is CCCN1C(/C=C/C(C)/C=C\C(=C(/C)OC)n2cnc(C)c2)=NCCN1c1cc(F)c(F)c(F)c1. The lowest BCUT2D eigenvalue weighted by molar-refractivity contribution is 0.294. The number of halogens is 3. The Bertz CT molecular complexity index is 1130. The molecule has 3 rings (SSSR count). The third-order valence-electron chi connectivity index (χ3n) is 5.61. The van der Waals surface area contributed by atoms with E-state index in [-0.39, 0.29) is 11.6 Å². The molecule has 1 aromatic carbocycles. The quantitative estimate of drug-likeness (QED) is 0.257. The van der Waals surface area contributed by atoms with Crippen molar-refractivity contribution in [3.8, 4) is 0 Å². The van der Waals surface area contributed by atoms with E-state index in [1.54, 1.807) is 18.4 Å². The molecule has 1 aromatic heterocycles. The van der Waals surface area contributed by atoms with E-state index in [0.29, 0.717) is 25.5 Å². The molecule has 0 spiro atoms. The van der Waals surface area contributed by atoms with Crippen LogP contribution in [0, 0.1) is 30.3 Å². The number of benzene rings is 1. The van der Waals surface area contributed by atoms with E-state index in [4.69, 9.17) is 4.74 Å². The summed E-state index contributed by atoms with van der Waals surface area (Å²) in [5.74, 6) is -2.39. The molecular formula is C26H32F3N5O. The summed E-state index contributed by atoms with van der Waals surface area (Å²) in [4.78, 5) is 8.90. The van der Waals surface area contributed by atoms with Crippen molar-refractivity contribution in [2.45, 2.75) is 34.1 Å². The molecule has 188 valence electrons. The zero-order chi connectivity index (χ0) is 25.5. The minimum Gasteiger partial charge on any atom is -0.499 e. The number of aliphatic imine (C=N–C) groups is 1. The average molecular weight is 488 g/mol. The molecule has 0 saturated heterocycles. The number of hydrogen-bond acceptors (Lipinski definition) is 5. The summed E-state index contributed by atoms with van der Waals surface area (Å²) in [6.45, 7) is 9.35. The van der Waals surface area contributed by atoms with E-state index in [1.165, 1.54) is 0 Å². The number of allylic oxidation sites excluding steroid dienone is 5. The monoisotopic (exact) mass is 487 g/mol. The molecule has 6 nitrogen and oxygen atoms in total. The number of nitrogens with zero attached hydrogens (tertiary/aromatic N) is 5. The fourth-order valence-corrected chi connectivity index (χ4v) is 3.72. The fourth-order valence-electron chi connectivity index (χ4n) is 3.72. The highest BCUT2D eigenvalue weighted by molar-refractivity contribution is 5.94. The summed E-state index contributed by atoms with van der Waals surface area (Å²) in [6.07, 6.45) is 12.4. The van der Waals surface area contributed by atoms with Gasteiger partial charge in [-0.15, -0.1) is 0 Å². The van der Waals surface area contributed by atoms with E-state index >= 15 is 0 Å². The van der Waals surface area contributed by atoms with Crippen LogP contribution in [0.15, 0.2) is 59.7 Å². The third-order valence-corrected chi connectivity index (χ3v) is 5.61. The highest BCUT2D eigenvalue weighted by Crippen LogP contribution is 2.25. The van der Waals surface area contributed by atoms with Crippen LogP contribution in [0.5, 0.6) is 0 Å². The first-order valence-electron chi connectivity index (χ1n) is 11.6. The van der Waals surface area contributed by atoms with Gasteiger partial charge in [-0.3, -0.25) is 15.0 Å². The molecule has 0 saturated carbocycles. The first-order valence-corrected chi connectivity index (χ1v) is 11.6. The molecule has 2 aromatic rings. The largest absolute Gasteiger partial charge is 0.499 e. The molecule has 0 N–H and O–H groups in total. The Morgan fingerprint density at radius 3 is 2.51 bits per heavy atom. The Morgan fingerprint density at radius 1 is 1.20 bits per heavy atom. The Labute approximate surface area is 204 Å². The minimum absolute atomic E-state index is 0.0570. The summed E-state index contributed by atoms with van der Waals surface area (Å²) < 4.78 is 48.6. The summed E-state index contributed by atoms with van der Waals surface area (Å²) in [7, 11) is 1.63. The molecule has 0 bridgehead atoms. The molecule has 0 aliphatic carbocycles. The maximum Gasteiger partial charge on any atom is 0.194 e. The number of ether oxygens (including phenoxy) is 1. The molecule has 0 radical (unpaired) electrons. The van der Waals surface area contributed by atoms with Crippen molar-refractivity contribution in [2.75, 3.05) is 31.8 Å². The molecule has 0 fully saturated rings. The molecule has 1 aliphatic rings. The van der Waals surface area contributed by atoms with Gasteiger partial charge >= 0.3 is 0 Å². The third kappa shape index (κ3) is 6.35. The molecule has 9 heteroatoms. The van der Waals surface area contributed by atoms with Crippen molar-refractivity contribution in [3.63, 3.8) is 0 Å². The van der Waals surface area contributed by atoms with E-state index in [9.17, 15) is 13.2 Å². The Kier molecular flexibility index (Phi) is 8.78. The van der Waals surface area contributed by atoms with Gasteiger partial charge in [-0.25, -0.2) is 18.2 Å².